The molecule has 0 spiro atoms. The summed E-state index contributed by atoms with van der Waals surface area (Å²) < 4.78 is 0. The van der Waals surface area contributed by atoms with Gasteiger partial charge < -0.3 is 16.8 Å². The molecule has 2 aliphatic rings. The molecule has 4 rings (SSSR count). The maximum absolute atomic E-state index is 11.9. The average Bonchev–Trinajstić information content (AvgIpc) is 3.25. The number of carbonyl (C=O) groups excluding carboxylic acids is 1. The number of hydrogen-bond donors (Lipinski definition) is 4. The molecule has 4 unspecified atom stereocenters. The molecule has 10 nitrogen and oxygen atoms in total. The van der Waals surface area contributed by atoms with Crippen LogP contribution in [0.3, 0.4) is 0 Å². The van der Waals surface area contributed by atoms with Gasteiger partial charge in [-0.25, -0.2) is 4.99 Å². The Bertz CT molecular complexity index is 908. The van der Waals surface area contributed by atoms with Crippen LogP contribution in [0.15, 0.2) is 46.6 Å². The first-order valence-corrected chi connectivity index (χ1v) is 9.76. The average molecular weight is 395 g/mol. The van der Waals surface area contributed by atoms with Crippen molar-refractivity contribution in [2.45, 2.75) is 44.1 Å². The summed E-state index contributed by atoms with van der Waals surface area (Å²) in [6, 6.07) is 7.72. The molecule has 10 heteroatoms. The normalized spacial score (nSPS) is 26.7. The fourth-order valence-corrected chi connectivity index (χ4v) is 3.65. The molecule has 1 aromatic heterocycles. The summed E-state index contributed by atoms with van der Waals surface area (Å²) in [5, 5.41) is 14.9. The largest absolute Gasteiger partial charge is 0.369 e. The fraction of sp³-hybridized carbons (Fsp3) is 0.421. The van der Waals surface area contributed by atoms with Crippen LogP contribution in [0.1, 0.15) is 25.7 Å². The first kappa shape index (κ1) is 19.2. The van der Waals surface area contributed by atoms with Crippen molar-refractivity contribution in [3.8, 4) is 5.69 Å². The minimum atomic E-state index is -0.723. The number of nitrogens with one attached hydrogen (secondary N) is 2. The fourth-order valence-electron chi connectivity index (χ4n) is 3.65. The van der Waals surface area contributed by atoms with Gasteiger partial charge in [0.1, 0.15) is 11.8 Å². The molecule has 1 aromatic carbocycles. The highest BCUT2D eigenvalue weighted by atomic mass is 16.1. The van der Waals surface area contributed by atoms with Crippen molar-refractivity contribution in [1.29, 1.82) is 0 Å². The first-order valence-electron chi connectivity index (χ1n) is 9.76. The molecule has 4 atom stereocenters. The van der Waals surface area contributed by atoms with E-state index >= 15 is 0 Å². The van der Waals surface area contributed by atoms with Crippen LogP contribution < -0.4 is 22.1 Å². The highest BCUT2D eigenvalue weighted by Crippen LogP contribution is 2.20. The number of carbonyl (C=O) groups is 1. The molecule has 0 saturated heterocycles. The van der Waals surface area contributed by atoms with Crippen LogP contribution in [-0.2, 0) is 4.79 Å². The van der Waals surface area contributed by atoms with Crippen molar-refractivity contribution in [2.75, 3.05) is 5.32 Å². The second-order valence-corrected chi connectivity index (χ2v) is 7.28. The number of hydrogen-bond acceptors (Lipinski definition) is 8. The van der Waals surface area contributed by atoms with Crippen molar-refractivity contribution in [2.24, 2.45) is 27.4 Å². The molecule has 2 aromatic rings. The van der Waals surface area contributed by atoms with Crippen molar-refractivity contribution in [3.63, 3.8) is 0 Å². The number of anilines is 1. The zero-order valence-corrected chi connectivity index (χ0v) is 16.0. The molecule has 1 fully saturated rings. The van der Waals surface area contributed by atoms with Crippen LogP contribution in [0, 0.1) is 5.92 Å². The summed E-state index contributed by atoms with van der Waals surface area (Å²) in [7, 11) is 0. The second-order valence-electron chi connectivity index (χ2n) is 7.28. The van der Waals surface area contributed by atoms with E-state index in [0.717, 1.165) is 37.1 Å². The van der Waals surface area contributed by atoms with Gasteiger partial charge in [0.2, 0.25) is 5.91 Å². The van der Waals surface area contributed by atoms with Crippen molar-refractivity contribution in [1.82, 2.24) is 20.3 Å². The SMILES string of the molecule is NC(=O)C1C=NC(NC2CCCCC2N)N=C1Nc1cccc(-n2nccn2)c1. The highest BCUT2D eigenvalue weighted by molar-refractivity contribution is 6.19. The third kappa shape index (κ3) is 4.49. The summed E-state index contributed by atoms with van der Waals surface area (Å²) in [6.07, 6.45) is 8.52. The molecule has 0 radical (unpaired) electrons. The van der Waals surface area contributed by atoms with E-state index in [2.05, 4.69) is 30.8 Å². The molecule has 0 bridgehead atoms. The number of nitrogens with zero attached hydrogens (tertiary/aromatic N) is 5. The predicted octanol–water partition coefficient (Wildman–Crippen LogP) is 0.407. The first-order chi connectivity index (χ1) is 14.1. The number of nitrogens with two attached hydrogens (primary N) is 2. The maximum atomic E-state index is 11.9. The van der Waals surface area contributed by atoms with Crippen LogP contribution in [-0.4, -0.2) is 51.3 Å². The van der Waals surface area contributed by atoms with Gasteiger partial charge in [0.05, 0.1) is 18.1 Å². The van der Waals surface area contributed by atoms with Crippen molar-refractivity contribution in [3.05, 3.63) is 36.7 Å². The summed E-state index contributed by atoms with van der Waals surface area (Å²) in [5.41, 5.74) is 13.3. The Labute approximate surface area is 168 Å². The van der Waals surface area contributed by atoms with Crippen LogP contribution in [0.2, 0.25) is 0 Å². The van der Waals surface area contributed by atoms with E-state index in [-0.39, 0.29) is 12.1 Å². The van der Waals surface area contributed by atoms with E-state index in [0.29, 0.717) is 5.84 Å². The maximum Gasteiger partial charge on any atom is 0.233 e. The molecule has 6 N–H and O–H groups in total. The molecule has 1 amide bonds. The smallest absolute Gasteiger partial charge is 0.233 e. The Hall–Kier alpha value is -3.11. The molecule has 29 heavy (non-hydrogen) atoms. The lowest BCUT2D eigenvalue weighted by Gasteiger charge is -2.32. The lowest BCUT2D eigenvalue weighted by Crippen LogP contribution is -2.51. The van der Waals surface area contributed by atoms with Crippen molar-refractivity contribution >= 4 is 23.6 Å². The second kappa shape index (κ2) is 8.50. The Morgan fingerprint density at radius 2 is 1.97 bits per heavy atom. The van der Waals surface area contributed by atoms with E-state index in [1.165, 1.54) is 4.80 Å². The number of rotatable bonds is 5. The van der Waals surface area contributed by atoms with E-state index in [9.17, 15) is 4.79 Å². The molecule has 152 valence electrons. The number of amides is 1. The van der Waals surface area contributed by atoms with Gasteiger partial charge in [-0.05, 0) is 31.0 Å². The van der Waals surface area contributed by atoms with Crippen LogP contribution in [0.4, 0.5) is 5.69 Å². The van der Waals surface area contributed by atoms with E-state index in [1.54, 1.807) is 18.6 Å². The van der Waals surface area contributed by atoms with Crippen LogP contribution in [0.25, 0.3) is 5.69 Å². The van der Waals surface area contributed by atoms with Gasteiger partial charge in [0, 0.05) is 24.0 Å². The Morgan fingerprint density at radius 3 is 2.72 bits per heavy atom. The molecule has 1 saturated carbocycles. The Kier molecular flexibility index (Phi) is 5.63. The van der Waals surface area contributed by atoms with Gasteiger partial charge in [-0.1, -0.05) is 18.9 Å². The van der Waals surface area contributed by atoms with Crippen LogP contribution >= 0.6 is 0 Å². The topological polar surface area (TPSA) is 149 Å². The van der Waals surface area contributed by atoms with Crippen LogP contribution in [0.5, 0.6) is 0 Å². The lowest BCUT2D eigenvalue weighted by atomic mass is 9.91. The highest BCUT2D eigenvalue weighted by Gasteiger charge is 2.29. The predicted molar refractivity (Wildman–Crippen MR) is 111 cm³/mol. The molecular formula is C19H25N9O. The van der Waals surface area contributed by atoms with Gasteiger partial charge in [-0.3, -0.25) is 15.1 Å². The standard InChI is InChI=1S/C19H25N9O/c20-15-6-1-2-7-16(15)26-19-22-11-14(17(21)29)18(27-19)25-12-4-3-5-13(10-12)28-23-8-9-24-28/h3-5,8-11,14-16,19,26H,1-2,6-7,20H2,(H2,21,29)(H,25,27). The zero-order chi connectivity index (χ0) is 20.2. The van der Waals surface area contributed by atoms with Gasteiger partial charge in [0.15, 0.2) is 6.29 Å². The van der Waals surface area contributed by atoms with Gasteiger partial charge >= 0.3 is 0 Å². The van der Waals surface area contributed by atoms with Gasteiger partial charge in [0.25, 0.3) is 0 Å². The van der Waals surface area contributed by atoms with E-state index in [4.69, 9.17) is 11.5 Å². The molecule has 1 aliphatic carbocycles. The summed E-state index contributed by atoms with van der Waals surface area (Å²) in [5.74, 6) is -0.794. The van der Waals surface area contributed by atoms with Gasteiger partial charge in [-0.15, -0.1) is 0 Å². The third-order valence-corrected chi connectivity index (χ3v) is 5.19. The van der Waals surface area contributed by atoms with E-state index in [1.807, 2.05) is 24.3 Å². The third-order valence-electron chi connectivity index (χ3n) is 5.19. The minimum Gasteiger partial charge on any atom is -0.369 e. The van der Waals surface area contributed by atoms with Crippen molar-refractivity contribution < 1.29 is 4.79 Å². The number of benzene rings is 1. The summed E-state index contributed by atoms with van der Waals surface area (Å²) >= 11 is 0. The number of primary amides is 1. The molecular weight excluding hydrogens is 370 g/mol. The monoisotopic (exact) mass is 395 g/mol. The molecule has 1 aliphatic heterocycles. The number of amidine groups is 1. The summed E-state index contributed by atoms with van der Waals surface area (Å²) in [4.78, 5) is 22.4. The lowest BCUT2D eigenvalue weighted by molar-refractivity contribution is -0.118. The Balaban J connectivity index is 1.53. The number of aromatic nitrogens is 3. The molecule has 2 heterocycles. The minimum absolute atomic E-state index is 0.0812. The quantitative estimate of drug-likeness (QED) is 0.576. The number of aliphatic imine (C=N–C) groups is 2. The van der Waals surface area contributed by atoms with Gasteiger partial charge in [-0.2, -0.15) is 15.0 Å². The van der Waals surface area contributed by atoms with E-state index < -0.39 is 18.1 Å². The summed E-state index contributed by atoms with van der Waals surface area (Å²) in [6.45, 7) is 0. The Morgan fingerprint density at radius 1 is 1.17 bits per heavy atom. The zero-order valence-electron chi connectivity index (χ0n) is 16.0.